The minimum atomic E-state index is -4.82. The average molecular weight is 395 g/mol. The van der Waals surface area contributed by atoms with Gasteiger partial charge in [-0.2, -0.15) is 13.2 Å². The normalized spacial score (nSPS) is 18.6. The molecule has 1 atom stereocenters. The van der Waals surface area contributed by atoms with E-state index in [-0.39, 0.29) is 11.4 Å². The second kappa shape index (κ2) is 6.74. The predicted octanol–water partition coefficient (Wildman–Crippen LogP) is 3.75. The first-order chi connectivity index (χ1) is 13.1. The zero-order valence-corrected chi connectivity index (χ0v) is 15.1. The van der Waals surface area contributed by atoms with Gasteiger partial charge in [0, 0.05) is 5.56 Å². The highest BCUT2D eigenvalue weighted by atomic mass is 19.4. The summed E-state index contributed by atoms with van der Waals surface area (Å²) < 4.78 is 55.6. The number of ether oxygens (including phenoxy) is 3. The molecule has 0 aliphatic carbocycles. The molecule has 0 aromatic heterocycles. The number of hydrogen-bond acceptors (Lipinski definition) is 5. The van der Waals surface area contributed by atoms with Gasteiger partial charge in [0.15, 0.2) is 0 Å². The fourth-order valence-electron chi connectivity index (χ4n) is 2.89. The van der Waals surface area contributed by atoms with E-state index in [1.54, 1.807) is 24.3 Å². The Morgan fingerprint density at radius 2 is 1.89 bits per heavy atom. The van der Waals surface area contributed by atoms with Gasteiger partial charge in [-0.1, -0.05) is 12.1 Å². The minimum absolute atomic E-state index is 0.0567. The van der Waals surface area contributed by atoms with Crippen molar-refractivity contribution in [3.05, 3.63) is 53.1 Å². The van der Waals surface area contributed by atoms with Crippen LogP contribution < -0.4 is 14.8 Å². The number of halogens is 3. The van der Waals surface area contributed by atoms with Crippen LogP contribution in [-0.2, 0) is 21.3 Å². The molecule has 0 spiro atoms. The van der Waals surface area contributed by atoms with E-state index in [2.05, 4.69) is 10.1 Å². The molecule has 0 fully saturated rings. The third-order valence-corrected chi connectivity index (χ3v) is 4.45. The Kier molecular flexibility index (Phi) is 4.70. The summed E-state index contributed by atoms with van der Waals surface area (Å²) in [6.07, 6.45) is -4.82. The fourth-order valence-corrected chi connectivity index (χ4v) is 2.89. The number of carbonyl (C=O) groups excluding carboxylic acids is 2. The van der Waals surface area contributed by atoms with E-state index in [1.165, 1.54) is 14.0 Å². The lowest BCUT2D eigenvalue weighted by atomic mass is 9.92. The van der Waals surface area contributed by atoms with Crippen molar-refractivity contribution in [3.63, 3.8) is 0 Å². The summed E-state index contributed by atoms with van der Waals surface area (Å²) in [5.41, 5.74) is -3.21. The minimum Gasteiger partial charge on any atom is -0.497 e. The van der Waals surface area contributed by atoms with Gasteiger partial charge < -0.3 is 19.5 Å². The summed E-state index contributed by atoms with van der Waals surface area (Å²) in [4.78, 5) is 24.5. The van der Waals surface area contributed by atoms with E-state index >= 15 is 0 Å². The molecule has 1 heterocycles. The van der Waals surface area contributed by atoms with Crippen LogP contribution in [0.3, 0.4) is 0 Å². The van der Waals surface area contributed by atoms with E-state index < -0.39 is 34.8 Å². The fraction of sp³-hybridized carbons (Fsp3) is 0.263. The lowest BCUT2D eigenvalue weighted by Crippen LogP contribution is -2.46. The molecule has 6 nitrogen and oxygen atoms in total. The van der Waals surface area contributed by atoms with Gasteiger partial charge in [-0.05, 0) is 31.2 Å². The van der Waals surface area contributed by atoms with E-state index in [0.717, 1.165) is 13.2 Å². The smallest absolute Gasteiger partial charge is 0.417 e. The quantitative estimate of drug-likeness (QED) is 0.802. The van der Waals surface area contributed by atoms with Crippen LogP contribution >= 0.6 is 0 Å². The highest BCUT2D eigenvalue weighted by molar-refractivity contribution is 6.03. The van der Waals surface area contributed by atoms with Crippen LogP contribution in [0.4, 0.5) is 18.9 Å². The SMILES string of the molecule is COC(=O)c1cc2c(cc1C(F)(F)F)OC(C)(c1cccc(OC)c1)C(=O)N2. The average Bonchev–Trinajstić information content (AvgIpc) is 2.66. The van der Waals surface area contributed by atoms with Gasteiger partial charge in [0.2, 0.25) is 5.60 Å². The summed E-state index contributed by atoms with van der Waals surface area (Å²) in [5, 5.41) is 2.50. The number of amides is 1. The summed E-state index contributed by atoms with van der Waals surface area (Å²) in [7, 11) is 2.42. The molecule has 28 heavy (non-hydrogen) atoms. The third-order valence-electron chi connectivity index (χ3n) is 4.45. The number of carbonyl (C=O) groups is 2. The van der Waals surface area contributed by atoms with E-state index in [1.807, 2.05) is 0 Å². The summed E-state index contributed by atoms with van der Waals surface area (Å²) >= 11 is 0. The van der Waals surface area contributed by atoms with Gasteiger partial charge in [0.1, 0.15) is 11.5 Å². The van der Waals surface area contributed by atoms with Gasteiger partial charge in [-0.15, -0.1) is 0 Å². The highest BCUT2D eigenvalue weighted by Crippen LogP contribution is 2.44. The maximum Gasteiger partial charge on any atom is 0.417 e. The molecule has 1 aliphatic rings. The first-order valence-corrected chi connectivity index (χ1v) is 8.08. The third kappa shape index (κ3) is 3.23. The molecule has 0 saturated heterocycles. The second-order valence-electron chi connectivity index (χ2n) is 6.20. The standard InChI is InChI=1S/C19H16F3NO5/c1-18(10-5-4-6-11(7-10)26-2)17(25)23-14-8-12(16(24)27-3)13(19(20,21)22)9-15(14)28-18/h4-9H,1-3H3,(H,23,25). The molecule has 2 aromatic carbocycles. The molecule has 1 unspecified atom stereocenters. The monoisotopic (exact) mass is 395 g/mol. The number of esters is 1. The van der Waals surface area contributed by atoms with Crippen LogP contribution in [0.25, 0.3) is 0 Å². The molecule has 0 radical (unpaired) electrons. The molecule has 3 rings (SSSR count). The number of benzene rings is 2. The zero-order valence-electron chi connectivity index (χ0n) is 15.1. The Morgan fingerprint density at radius 3 is 2.50 bits per heavy atom. The van der Waals surface area contributed by atoms with Crippen LogP contribution in [0.1, 0.15) is 28.4 Å². The molecule has 148 valence electrons. The van der Waals surface area contributed by atoms with E-state index in [4.69, 9.17) is 9.47 Å². The van der Waals surface area contributed by atoms with Crippen LogP contribution in [0.2, 0.25) is 0 Å². The molecular formula is C19H16F3NO5. The number of hydrogen-bond donors (Lipinski definition) is 1. The molecule has 2 aromatic rings. The van der Waals surface area contributed by atoms with Crippen molar-refractivity contribution in [2.24, 2.45) is 0 Å². The van der Waals surface area contributed by atoms with Crippen molar-refractivity contribution in [1.29, 1.82) is 0 Å². The predicted molar refractivity (Wildman–Crippen MR) is 92.4 cm³/mol. The second-order valence-corrected chi connectivity index (χ2v) is 6.20. The van der Waals surface area contributed by atoms with Crippen molar-refractivity contribution in [3.8, 4) is 11.5 Å². The molecule has 0 saturated carbocycles. The summed E-state index contributed by atoms with van der Waals surface area (Å²) in [5.74, 6) is -1.54. The Labute approximate surface area is 158 Å². The Balaban J connectivity index is 2.13. The van der Waals surface area contributed by atoms with E-state index in [9.17, 15) is 22.8 Å². The molecular weight excluding hydrogens is 379 g/mol. The van der Waals surface area contributed by atoms with Crippen molar-refractivity contribution in [2.45, 2.75) is 18.7 Å². The number of methoxy groups -OCH3 is 2. The lowest BCUT2D eigenvalue weighted by Gasteiger charge is -2.35. The highest BCUT2D eigenvalue weighted by Gasteiger charge is 2.44. The van der Waals surface area contributed by atoms with Crippen LogP contribution in [0.15, 0.2) is 36.4 Å². The topological polar surface area (TPSA) is 73.9 Å². The van der Waals surface area contributed by atoms with Crippen molar-refractivity contribution in [2.75, 3.05) is 19.5 Å². The molecule has 1 aliphatic heterocycles. The van der Waals surface area contributed by atoms with Gasteiger partial charge in [-0.25, -0.2) is 4.79 Å². The largest absolute Gasteiger partial charge is 0.497 e. The maximum absolute atomic E-state index is 13.4. The number of alkyl halides is 3. The first kappa shape index (κ1) is 19.5. The van der Waals surface area contributed by atoms with Crippen LogP contribution in [0.5, 0.6) is 11.5 Å². The molecule has 1 amide bonds. The number of rotatable bonds is 3. The van der Waals surface area contributed by atoms with Crippen LogP contribution in [0, 0.1) is 0 Å². The Hall–Kier alpha value is -3.23. The van der Waals surface area contributed by atoms with Gasteiger partial charge in [-0.3, -0.25) is 4.79 Å². The van der Waals surface area contributed by atoms with E-state index in [0.29, 0.717) is 17.4 Å². The number of anilines is 1. The first-order valence-electron chi connectivity index (χ1n) is 8.08. The van der Waals surface area contributed by atoms with Gasteiger partial charge in [0.05, 0.1) is 31.0 Å². The number of nitrogens with one attached hydrogen (secondary N) is 1. The lowest BCUT2D eigenvalue weighted by molar-refractivity contribution is -0.138. The maximum atomic E-state index is 13.4. The summed E-state index contributed by atoms with van der Waals surface area (Å²) in [6.45, 7) is 1.43. The van der Waals surface area contributed by atoms with Gasteiger partial charge in [0.25, 0.3) is 5.91 Å². The van der Waals surface area contributed by atoms with Crippen molar-refractivity contribution >= 4 is 17.6 Å². The Morgan fingerprint density at radius 1 is 1.18 bits per heavy atom. The molecule has 0 bridgehead atoms. The summed E-state index contributed by atoms with van der Waals surface area (Å²) in [6, 6.07) is 8.02. The van der Waals surface area contributed by atoms with Crippen LogP contribution in [-0.4, -0.2) is 26.1 Å². The van der Waals surface area contributed by atoms with Gasteiger partial charge >= 0.3 is 12.1 Å². The molecule has 1 N–H and O–H groups in total. The van der Waals surface area contributed by atoms with Crippen molar-refractivity contribution in [1.82, 2.24) is 0 Å². The number of fused-ring (bicyclic) bond motifs is 1. The van der Waals surface area contributed by atoms with Crippen molar-refractivity contribution < 1.29 is 37.0 Å². The zero-order chi connectivity index (χ0) is 20.7. The Bertz CT molecular complexity index is 957. The molecule has 9 heteroatoms.